The number of fused-ring (bicyclic) bond motifs is 1. The first-order chi connectivity index (χ1) is 16.1. The maximum absolute atomic E-state index is 12.7. The number of para-hydroxylation sites is 1. The van der Waals surface area contributed by atoms with E-state index in [1.165, 1.54) is 0 Å². The van der Waals surface area contributed by atoms with E-state index in [1.807, 2.05) is 24.3 Å². The fourth-order valence-electron chi connectivity index (χ4n) is 3.56. The Hall–Kier alpha value is -4.30. The zero-order valence-electron chi connectivity index (χ0n) is 17.2. The molecule has 2 amide bonds. The van der Waals surface area contributed by atoms with Crippen molar-refractivity contribution in [3.05, 3.63) is 95.5 Å². The molecule has 0 aliphatic heterocycles. The van der Waals surface area contributed by atoms with Crippen LogP contribution in [0.3, 0.4) is 0 Å². The quantitative estimate of drug-likeness (QED) is 0.341. The molecule has 0 saturated carbocycles. The third-order valence-electron chi connectivity index (χ3n) is 5.13. The van der Waals surface area contributed by atoms with Crippen LogP contribution in [0, 0.1) is 0 Å². The highest BCUT2D eigenvalue weighted by Crippen LogP contribution is 2.25. The minimum atomic E-state index is -0.553. The van der Waals surface area contributed by atoms with Crippen LogP contribution < -0.4 is 10.9 Å². The highest BCUT2D eigenvalue weighted by molar-refractivity contribution is 6.30. The lowest BCUT2D eigenvalue weighted by Crippen LogP contribution is -2.42. The van der Waals surface area contributed by atoms with Crippen LogP contribution in [0.2, 0.25) is 5.02 Å². The largest absolute Gasteiger partial charge is 0.463 e. The van der Waals surface area contributed by atoms with Gasteiger partial charge in [0.1, 0.15) is 5.69 Å². The Labute approximate surface area is 193 Å². The second-order valence-electron chi connectivity index (χ2n) is 7.32. The number of nitrogens with zero attached hydrogens (tertiary/aromatic N) is 2. The summed E-state index contributed by atoms with van der Waals surface area (Å²) in [5.41, 5.74) is 8.06. The predicted octanol–water partition coefficient (Wildman–Crippen LogP) is 4.27. The number of aromatic nitrogens is 3. The lowest BCUT2D eigenvalue weighted by Gasteiger charge is -2.06. The average molecular weight is 460 g/mol. The van der Waals surface area contributed by atoms with Gasteiger partial charge in [-0.15, -0.1) is 0 Å². The lowest BCUT2D eigenvalue weighted by molar-refractivity contribution is -0.121. The minimum absolute atomic E-state index is 0.112. The predicted molar refractivity (Wildman–Crippen MR) is 124 cm³/mol. The summed E-state index contributed by atoms with van der Waals surface area (Å²) in [5.74, 6) is -0.362. The van der Waals surface area contributed by atoms with Crippen LogP contribution in [0.1, 0.15) is 16.1 Å². The Bertz CT molecular complexity index is 1430. The molecule has 0 spiro atoms. The van der Waals surface area contributed by atoms with Gasteiger partial charge in [-0.2, -0.15) is 5.10 Å². The zero-order valence-corrected chi connectivity index (χ0v) is 18.0. The summed E-state index contributed by atoms with van der Waals surface area (Å²) in [6.45, 7) is 0. The topological polar surface area (TPSA) is 105 Å². The molecule has 0 aliphatic carbocycles. The number of H-pyrrole nitrogens is 1. The molecule has 0 unspecified atom stereocenters. The summed E-state index contributed by atoms with van der Waals surface area (Å²) in [7, 11) is 0. The molecule has 0 saturated heterocycles. The number of halogens is 1. The van der Waals surface area contributed by atoms with Crippen LogP contribution in [0.15, 0.2) is 83.6 Å². The van der Waals surface area contributed by atoms with Crippen LogP contribution in [0.25, 0.3) is 28.0 Å². The second-order valence-corrected chi connectivity index (χ2v) is 7.76. The Morgan fingerprint density at radius 1 is 1.03 bits per heavy atom. The molecule has 9 heteroatoms. The van der Waals surface area contributed by atoms with Gasteiger partial charge in [-0.3, -0.25) is 20.4 Å². The summed E-state index contributed by atoms with van der Waals surface area (Å²) in [5, 5.41) is 5.95. The van der Waals surface area contributed by atoms with Crippen molar-refractivity contribution in [3.63, 3.8) is 0 Å². The second kappa shape index (κ2) is 8.68. The van der Waals surface area contributed by atoms with Crippen molar-refractivity contribution in [1.29, 1.82) is 0 Å². The van der Waals surface area contributed by atoms with Crippen molar-refractivity contribution >= 4 is 34.3 Å². The summed E-state index contributed by atoms with van der Waals surface area (Å²) < 4.78 is 7.08. The molecule has 3 N–H and O–H groups in total. The number of carbonyl (C=O) groups is 2. The van der Waals surface area contributed by atoms with Gasteiger partial charge in [0, 0.05) is 28.2 Å². The Balaban J connectivity index is 1.32. The molecule has 5 aromatic rings. The molecular formula is C24H18ClN5O3. The monoisotopic (exact) mass is 459 g/mol. The maximum atomic E-state index is 12.7. The van der Waals surface area contributed by atoms with E-state index in [1.54, 1.807) is 59.6 Å². The van der Waals surface area contributed by atoms with Crippen molar-refractivity contribution in [2.45, 2.75) is 6.42 Å². The van der Waals surface area contributed by atoms with Gasteiger partial charge in [0.25, 0.3) is 5.91 Å². The number of amides is 2. The van der Waals surface area contributed by atoms with Gasteiger partial charge >= 0.3 is 0 Å². The number of furan rings is 1. The maximum Gasteiger partial charge on any atom is 0.290 e. The van der Waals surface area contributed by atoms with E-state index in [0.29, 0.717) is 22.2 Å². The molecule has 3 aromatic heterocycles. The molecule has 8 nitrogen and oxygen atoms in total. The average Bonchev–Trinajstić information content (AvgIpc) is 3.58. The van der Waals surface area contributed by atoms with Crippen LogP contribution in [0.4, 0.5) is 0 Å². The third kappa shape index (κ3) is 4.24. The summed E-state index contributed by atoms with van der Waals surface area (Å²) >= 11 is 5.99. The van der Waals surface area contributed by atoms with Gasteiger partial charge in [0.15, 0.2) is 11.5 Å². The number of rotatable bonds is 5. The molecule has 2 aromatic carbocycles. The van der Waals surface area contributed by atoms with Crippen molar-refractivity contribution < 1.29 is 14.0 Å². The smallest absolute Gasteiger partial charge is 0.290 e. The first-order valence-corrected chi connectivity index (χ1v) is 10.5. The number of nitrogens with one attached hydrogen (secondary N) is 3. The first kappa shape index (κ1) is 20.6. The number of hydrogen-bond donors (Lipinski definition) is 3. The zero-order chi connectivity index (χ0) is 22.8. The minimum Gasteiger partial charge on any atom is -0.463 e. The summed E-state index contributed by atoms with van der Waals surface area (Å²) in [4.78, 5) is 28.3. The number of hydrogen-bond acceptors (Lipinski definition) is 4. The van der Waals surface area contributed by atoms with Crippen molar-refractivity contribution in [1.82, 2.24) is 25.6 Å². The van der Waals surface area contributed by atoms with E-state index in [-0.39, 0.29) is 18.0 Å². The lowest BCUT2D eigenvalue weighted by atomic mass is 10.1. The summed E-state index contributed by atoms with van der Waals surface area (Å²) in [6.07, 6.45) is 3.44. The molecule has 3 heterocycles. The van der Waals surface area contributed by atoms with Gasteiger partial charge in [-0.05, 0) is 48.0 Å². The molecule has 0 radical (unpaired) electrons. The van der Waals surface area contributed by atoms with Crippen molar-refractivity contribution in [2.24, 2.45) is 0 Å². The molecule has 0 fully saturated rings. The molecular weight excluding hydrogens is 442 g/mol. The molecule has 33 heavy (non-hydrogen) atoms. The van der Waals surface area contributed by atoms with E-state index in [2.05, 4.69) is 20.9 Å². The van der Waals surface area contributed by atoms with Crippen LogP contribution >= 0.6 is 11.6 Å². The van der Waals surface area contributed by atoms with Gasteiger partial charge in [0.05, 0.1) is 18.4 Å². The number of carbonyl (C=O) groups excluding carboxylic acids is 2. The number of hydrazine groups is 1. The molecule has 0 aliphatic rings. The van der Waals surface area contributed by atoms with E-state index in [9.17, 15) is 9.59 Å². The standard InChI is InChI=1S/C24H18ClN5O3/c25-16-7-9-17(10-8-16)30-21(22-6-3-11-33-22)13-20(29-30)24(32)28-27-23(31)12-15-14-26-19-5-2-1-4-18(15)19/h1-11,13-14,26H,12H2,(H,27,31)(H,28,32). The van der Waals surface area contributed by atoms with E-state index in [0.717, 1.165) is 16.5 Å². The van der Waals surface area contributed by atoms with E-state index in [4.69, 9.17) is 16.0 Å². The van der Waals surface area contributed by atoms with Crippen molar-refractivity contribution in [3.8, 4) is 17.1 Å². The van der Waals surface area contributed by atoms with Gasteiger partial charge in [-0.25, -0.2) is 4.68 Å². The Morgan fingerprint density at radius 2 is 1.85 bits per heavy atom. The van der Waals surface area contributed by atoms with Gasteiger partial charge in [0.2, 0.25) is 5.91 Å². The first-order valence-electron chi connectivity index (χ1n) is 10.1. The van der Waals surface area contributed by atoms with Crippen molar-refractivity contribution in [2.75, 3.05) is 0 Å². The van der Waals surface area contributed by atoms with E-state index < -0.39 is 5.91 Å². The van der Waals surface area contributed by atoms with Crippen LogP contribution in [0.5, 0.6) is 0 Å². The van der Waals surface area contributed by atoms with Crippen LogP contribution in [-0.4, -0.2) is 26.6 Å². The third-order valence-corrected chi connectivity index (χ3v) is 5.38. The highest BCUT2D eigenvalue weighted by atomic mass is 35.5. The molecule has 0 atom stereocenters. The Morgan fingerprint density at radius 3 is 2.64 bits per heavy atom. The molecule has 164 valence electrons. The fourth-order valence-corrected chi connectivity index (χ4v) is 3.68. The summed E-state index contributed by atoms with van der Waals surface area (Å²) in [6, 6.07) is 19.8. The molecule has 5 rings (SSSR count). The highest BCUT2D eigenvalue weighted by Gasteiger charge is 2.19. The number of aromatic amines is 1. The molecule has 0 bridgehead atoms. The normalized spacial score (nSPS) is 10.9. The SMILES string of the molecule is O=C(Cc1c[nH]c2ccccc12)NNC(=O)c1cc(-c2ccco2)n(-c2ccc(Cl)cc2)n1. The number of benzene rings is 2. The van der Waals surface area contributed by atoms with Crippen LogP contribution in [-0.2, 0) is 11.2 Å². The fraction of sp³-hybridized carbons (Fsp3) is 0.0417. The van der Waals surface area contributed by atoms with Gasteiger partial charge in [-0.1, -0.05) is 29.8 Å². The van der Waals surface area contributed by atoms with Gasteiger partial charge < -0.3 is 9.40 Å². The van der Waals surface area contributed by atoms with E-state index >= 15 is 0 Å². The Kier molecular flexibility index (Phi) is 5.42.